The van der Waals surface area contributed by atoms with Crippen LogP contribution in [0.1, 0.15) is 48.5 Å². The first-order chi connectivity index (χ1) is 9.71. The van der Waals surface area contributed by atoms with Crippen molar-refractivity contribution in [3.05, 3.63) is 29.3 Å². The Kier molecular flexibility index (Phi) is 4.16. The summed E-state index contributed by atoms with van der Waals surface area (Å²) in [5.74, 6) is -0.549. The van der Waals surface area contributed by atoms with E-state index in [0.717, 1.165) is 43.9 Å². The van der Waals surface area contributed by atoms with Crippen LogP contribution in [0.5, 0.6) is 0 Å². The van der Waals surface area contributed by atoms with E-state index in [1.165, 1.54) is 0 Å². The first-order valence-electron chi connectivity index (χ1n) is 6.96. The number of carbonyl (C=O) groups excluding carboxylic acids is 1. The molecular weight excluding hydrogens is 281 g/mol. The molecule has 6 heteroatoms. The largest absolute Gasteiger partial charge is 0.416 e. The molecule has 0 aromatic heterocycles. The summed E-state index contributed by atoms with van der Waals surface area (Å²) in [7, 11) is 0. The summed E-state index contributed by atoms with van der Waals surface area (Å²) >= 11 is 0. The number of anilines is 1. The molecular formula is C15H19F3N2O. The standard InChI is InChI=1S/C15H19F3N2O/c1-14(6-2-3-7-14)9-20-13(21)11-8-10(15(16,17)18)4-5-12(11)19/h4-5,8H,2-3,6-7,9,19H2,1H3,(H,20,21). The Morgan fingerprint density at radius 1 is 1.33 bits per heavy atom. The minimum Gasteiger partial charge on any atom is -0.398 e. The highest BCUT2D eigenvalue weighted by molar-refractivity contribution is 5.99. The molecule has 1 aromatic carbocycles. The predicted octanol–water partition coefficient (Wildman–Crippen LogP) is 3.60. The Morgan fingerprint density at radius 3 is 2.52 bits per heavy atom. The Balaban J connectivity index is 2.11. The number of amides is 1. The minimum atomic E-state index is -4.49. The number of alkyl halides is 3. The summed E-state index contributed by atoms with van der Waals surface area (Å²) in [5, 5.41) is 2.71. The zero-order valence-electron chi connectivity index (χ0n) is 11.9. The molecule has 0 bridgehead atoms. The molecule has 0 unspecified atom stereocenters. The highest BCUT2D eigenvalue weighted by atomic mass is 19.4. The summed E-state index contributed by atoms with van der Waals surface area (Å²) in [4.78, 5) is 12.1. The molecule has 3 nitrogen and oxygen atoms in total. The van der Waals surface area contributed by atoms with Crippen LogP contribution in [0.2, 0.25) is 0 Å². The van der Waals surface area contributed by atoms with Crippen molar-refractivity contribution in [2.45, 2.75) is 38.8 Å². The van der Waals surface area contributed by atoms with Crippen molar-refractivity contribution in [3.63, 3.8) is 0 Å². The lowest BCUT2D eigenvalue weighted by atomic mass is 9.89. The van der Waals surface area contributed by atoms with E-state index in [0.29, 0.717) is 6.54 Å². The number of nitrogens with two attached hydrogens (primary N) is 1. The summed E-state index contributed by atoms with van der Waals surface area (Å²) in [5.41, 5.74) is 4.72. The van der Waals surface area contributed by atoms with Crippen molar-refractivity contribution in [1.29, 1.82) is 0 Å². The third-order valence-corrected chi connectivity index (χ3v) is 4.11. The van der Waals surface area contributed by atoms with Crippen LogP contribution in [0.25, 0.3) is 0 Å². The average molecular weight is 300 g/mol. The smallest absolute Gasteiger partial charge is 0.398 e. The second-order valence-electron chi connectivity index (χ2n) is 6.00. The molecule has 21 heavy (non-hydrogen) atoms. The van der Waals surface area contributed by atoms with Crippen molar-refractivity contribution in [1.82, 2.24) is 5.32 Å². The van der Waals surface area contributed by atoms with E-state index in [2.05, 4.69) is 12.2 Å². The first-order valence-corrected chi connectivity index (χ1v) is 6.96. The fraction of sp³-hybridized carbons (Fsp3) is 0.533. The molecule has 1 saturated carbocycles. The van der Waals surface area contributed by atoms with Crippen LogP contribution >= 0.6 is 0 Å². The van der Waals surface area contributed by atoms with Gasteiger partial charge in [0.25, 0.3) is 5.91 Å². The van der Waals surface area contributed by atoms with Crippen molar-refractivity contribution >= 4 is 11.6 Å². The van der Waals surface area contributed by atoms with Gasteiger partial charge in [-0.1, -0.05) is 19.8 Å². The van der Waals surface area contributed by atoms with Gasteiger partial charge < -0.3 is 11.1 Å². The van der Waals surface area contributed by atoms with Crippen LogP contribution in [0.3, 0.4) is 0 Å². The molecule has 3 N–H and O–H groups in total. The van der Waals surface area contributed by atoms with E-state index >= 15 is 0 Å². The highest BCUT2D eigenvalue weighted by Gasteiger charge is 2.32. The number of carbonyl (C=O) groups is 1. The molecule has 0 atom stereocenters. The monoisotopic (exact) mass is 300 g/mol. The van der Waals surface area contributed by atoms with E-state index in [1.54, 1.807) is 0 Å². The second-order valence-corrected chi connectivity index (χ2v) is 6.00. The molecule has 2 rings (SSSR count). The maximum Gasteiger partial charge on any atom is 0.416 e. The van der Waals surface area contributed by atoms with Gasteiger partial charge in [0, 0.05) is 12.2 Å². The molecule has 0 heterocycles. The quantitative estimate of drug-likeness (QED) is 0.838. The average Bonchev–Trinajstić information content (AvgIpc) is 2.83. The Morgan fingerprint density at radius 2 is 1.95 bits per heavy atom. The summed E-state index contributed by atoms with van der Waals surface area (Å²) in [6.45, 7) is 2.54. The predicted molar refractivity (Wildman–Crippen MR) is 74.8 cm³/mol. The lowest BCUT2D eigenvalue weighted by Crippen LogP contribution is -2.34. The van der Waals surface area contributed by atoms with Gasteiger partial charge in [-0.05, 0) is 36.5 Å². The zero-order valence-corrected chi connectivity index (χ0v) is 11.9. The number of rotatable bonds is 3. The molecule has 1 aliphatic carbocycles. The van der Waals surface area contributed by atoms with Gasteiger partial charge in [-0.15, -0.1) is 0 Å². The van der Waals surface area contributed by atoms with Crippen LogP contribution in [0, 0.1) is 5.41 Å². The fourth-order valence-electron chi connectivity index (χ4n) is 2.72. The molecule has 0 saturated heterocycles. The maximum atomic E-state index is 12.7. The van der Waals surface area contributed by atoms with Crippen molar-refractivity contribution in [2.24, 2.45) is 5.41 Å². The van der Waals surface area contributed by atoms with E-state index in [4.69, 9.17) is 5.73 Å². The SMILES string of the molecule is CC1(CNC(=O)c2cc(C(F)(F)F)ccc2N)CCCC1. The lowest BCUT2D eigenvalue weighted by Gasteiger charge is -2.24. The third kappa shape index (κ3) is 3.68. The van der Waals surface area contributed by atoms with Gasteiger partial charge in [-0.2, -0.15) is 13.2 Å². The van der Waals surface area contributed by atoms with E-state index in [-0.39, 0.29) is 16.7 Å². The lowest BCUT2D eigenvalue weighted by molar-refractivity contribution is -0.137. The van der Waals surface area contributed by atoms with E-state index < -0.39 is 17.6 Å². The highest BCUT2D eigenvalue weighted by Crippen LogP contribution is 2.37. The Labute approximate surface area is 121 Å². The number of nitrogens with one attached hydrogen (secondary N) is 1. The second kappa shape index (κ2) is 5.58. The first kappa shape index (κ1) is 15.7. The van der Waals surface area contributed by atoms with Crippen LogP contribution in [-0.4, -0.2) is 12.5 Å². The van der Waals surface area contributed by atoms with Gasteiger partial charge in [0.15, 0.2) is 0 Å². The molecule has 1 aliphatic rings. The Hall–Kier alpha value is -1.72. The van der Waals surface area contributed by atoms with E-state index in [1.807, 2.05) is 0 Å². The number of benzene rings is 1. The molecule has 1 fully saturated rings. The van der Waals surface area contributed by atoms with Gasteiger partial charge in [0.1, 0.15) is 0 Å². The Bertz CT molecular complexity index is 534. The minimum absolute atomic E-state index is 0.0338. The van der Waals surface area contributed by atoms with E-state index in [9.17, 15) is 18.0 Å². The molecule has 0 aliphatic heterocycles. The van der Waals surface area contributed by atoms with Crippen molar-refractivity contribution < 1.29 is 18.0 Å². The van der Waals surface area contributed by atoms with Gasteiger partial charge >= 0.3 is 6.18 Å². The third-order valence-electron chi connectivity index (χ3n) is 4.11. The fourth-order valence-corrected chi connectivity index (χ4v) is 2.72. The molecule has 1 aromatic rings. The van der Waals surface area contributed by atoms with Crippen LogP contribution in [0.4, 0.5) is 18.9 Å². The number of hydrogen-bond acceptors (Lipinski definition) is 2. The van der Waals surface area contributed by atoms with Gasteiger partial charge in [0.05, 0.1) is 11.1 Å². The van der Waals surface area contributed by atoms with Crippen molar-refractivity contribution in [2.75, 3.05) is 12.3 Å². The van der Waals surface area contributed by atoms with Gasteiger partial charge in [-0.3, -0.25) is 4.79 Å². The van der Waals surface area contributed by atoms with Crippen LogP contribution < -0.4 is 11.1 Å². The molecule has 116 valence electrons. The molecule has 0 spiro atoms. The molecule has 1 amide bonds. The van der Waals surface area contributed by atoms with Crippen molar-refractivity contribution in [3.8, 4) is 0 Å². The topological polar surface area (TPSA) is 55.1 Å². The summed E-state index contributed by atoms with van der Waals surface area (Å²) in [6.07, 6.45) is -0.201. The number of halogens is 3. The van der Waals surface area contributed by atoms with Gasteiger partial charge in [0.2, 0.25) is 0 Å². The summed E-state index contributed by atoms with van der Waals surface area (Å²) < 4.78 is 38.0. The summed E-state index contributed by atoms with van der Waals surface area (Å²) in [6, 6.07) is 2.81. The number of hydrogen-bond donors (Lipinski definition) is 2. The normalized spacial score (nSPS) is 17.7. The van der Waals surface area contributed by atoms with Gasteiger partial charge in [-0.25, -0.2) is 0 Å². The number of nitrogen functional groups attached to an aromatic ring is 1. The maximum absolute atomic E-state index is 12.7. The van der Waals surface area contributed by atoms with Crippen LogP contribution in [0.15, 0.2) is 18.2 Å². The van der Waals surface area contributed by atoms with Crippen LogP contribution in [-0.2, 0) is 6.18 Å². The zero-order chi connectivity index (χ0) is 15.7. The molecule has 0 radical (unpaired) electrons.